The molecule has 0 spiro atoms. The Balaban J connectivity index is 2.02. The molecule has 0 atom stereocenters. The number of hydrogen-bond donors (Lipinski definition) is 0. The minimum atomic E-state index is -4.39. The second-order valence-electron chi connectivity index (χ2n) is 5.01. The van der Waals surface area contributed by atoms with Gasteiger partial charge in [-0.1, -0.05) is 0 Å². The van der Waals surface area contributed by atoms with Gasteiger partial charge in [0.15, 0.2) is 5.65 Å². The van der Waals surface area contributed by atoms with Gasteiger partial charge in [-0.05, 0) is 17.7 Å². The summed E-state index contributed by atoms with van der Waals surface area (Å²) in [5.74, 6) is 0. The Morgan fingerprint density at radius 3 is 2.82 bits per heavy atom. The number of hydrogen-bond acceptors (Lipinski definition) is 3. The van der Waals surface area contributed by atoms with Crippen LogP contribution in [0, 0.1) is 0 Å². The average Bonchev–Trinajstić information content (AvgIpc) is 3.12. The topological polar surface area (TPSA) is 42.5 Å². The highest BCUT2D eigenvalue weighted by Crippen LogP contribution is 2.37. The Morgan fingerprint density at radius 1 is 1.14 bits per heavy atom. The number of halogens is 3. The molecule has 0 saturated carbocycles. The van der Waals surface area contributed by atoms with Crippen LogP contribution in [0.15, 0.2) is 41.9 Å². The van der Waals surface area contributed by atoms with Crippen molar-refractivity contribution in [3.63, 3.8) is 0 Å². The summed E-state index contributed by atoms with van der Waals surface area (Å²) in [5.41, 5.74) is 2.27. The lowest BCUT2D eigenvalue weighted by Crippen LogP contribution is -2.07. The van der Waals surface area contributed by atoms with Crippen LogP contribution in [-0.4, -0.2) is 20.6 Å². The van der Waals surface area contributed by atoms with Gasteiger partial charge in [-0.25, -0.2) is 4.98 Å². The molecule has 0 fully saturated rings. The van der Waals surface area contributed by atoms with Crippen molar-refractivity contribution in [3.05, 3.63) is 53.6 Å². The lowest BCUT2D eigenvalue weighted by atomic mass is 9.97. The van der Waals surface area contributed by atoms with Gasteiger partial charge in [0.05, 0.1) is 30.2 Å². The molecule has 22 heavy (non-hydrogen) atoms. The summed E-state index contributed by atoms with van der Waals surface area (Å²) in [6.45, 7) is 0.268. The van der Waals surface area contributed by atoms with Crippen molar-refractivity contribution in [1.29, 1.82) is 0 Å². The third-order valence-corrected chi connectivity index (χ3v) is 3.67. The Hall–Kier alpha value is -2.70. The quantitative estimate of drug-likeness (QED) is 0.692. The van der Waals surface area contributed by atoms with E-state index in [9.17, 15) is 13.2 Å². The first-order chi connectivity index (χ1) is 10.5. The van der Waals surface area contributed by atoms with Gasteiger partial charge in [-0.3, -0.25) is 14.4 Å². The van der Waals surface area contributed by atoms with E-state index in [2.05, 4.69) is 15.0 Å². The van der Waals surface area contributed by atoms with E-state index in [4.69, 9.17) is 0 Å². The number of fused-ring (bicyclic) bond motifs is 2. The van der Waals surface area contributed by atoms with E-state index in [1.807, 2.05) is 0 Å². The monoisotopic (exact) mass is 302 g/mol. The number of aliphatic imine (C=N–C) groups is 1. The summed E-state index contributed by atoms with van der Waals surface area (Å²) in [5, 5.41) is 0. The maximum atomic E-state index is 13.1. The van der Waals surface area contributed by atoms with Crippen LogP contribution >= 0.6 is 0 Å². The highest BCUT2D eigenvalue weighted by atomic mass is 19.4. The number of imidazole rings is 1. The molecule has 1 aromatic carbocycles. The lowest BCUT2D eigenvalue weighted by Gasteiger charge is -2.13. The fourth-order valence-electron chi connectivity index (χ4n) is 2.65. The van der Waals surface area contributed by atoms with E-state index in [1.54, 1.807) is 35.4 Å². The highest BCUT2D eigenvalue weighted by Gasteiger charge is 2.33. The summed E-state index contributed by atoms with van der Waals surface area (Å²) in [6.07, 6.45) is 3.58. The molecule has 2 aromatic heterocycles. The summed E-state index contributed by atoms with van der Waals surface area (Å²) in [6, 6.07) is 2.32. The number of aromatic nitrogens is 3. The average molecular weight is 302 g/mol. The van der Waals surface area contributed by atoms with Crippen LogP contribution in [0.1, 0.15) is 16.7 Å². The number of alkyl halides is 3. The molecule has 3 aromatic rings. The smallest absolute Gasteiger partial charge is 0.297 e. The first-order valence-electron chi connectivity index (χ1n) is 6.55. The van der Waals surface area contributed by atoms with E-state index in [0.29, 0.717) is 28.0 Å². The number of rotatable bonds is 1. The van der Waals surface area contributed by atoms with Crippen LogP contribution in [0.5, 0.6) is 0 Å². The van der Waals surface area contributed by atoms with Gasteiger partial charge in [0.2, 0.25) is 0 Å². The number of benzene rings is 1. The molecular weight excluding hydrogens is 293 g/mol. The number of nitrogens with zero attached hydrogens (tertiary/aromatic N) is 4. The van der Waals surface area contributed by atoms with Gasteiger partial charge in [-0.2, -0.15) is 13.2 Å². The molecule has 1 aliphatic heterocycles. The Morgan fingerprint density at radius 2 is 2.00 bits per heavy atom. The first kappa shape index (κ1) is 13.0. The summed E-state index contributed by atoms with van der Waals surface area (Å²) >= 11 is 0. The van der Waals surface area contributed by atoms with Crippen molar-refractivity contribution in [1.82, 2.24) is 14.4 Å². The van der Waals surface area contributed by atoms with Crippen LogP contribution in [0.3, 0.4) is 0 Å². The molecule has 0 amide bonds. The van der Waals surface area contributed by atoms with Gasteiger partial charge < -0.3 is 0 Å². The maximum Gasteiger partial charge on any atom is 0.416 e. The second-order valence-corrected chi connectivity index (χ2v) is 5.01. The molecule has 110 valence electrons. The SMILES string of the molecule is FC(F)(F)c1cc2c(c(-c3cnc4cnccn34)c1)C=NC2. The third-order valence-electron chi connectivity index (χ3n) is 3.67. The van der Waals surface area contributed by atoms with Crippen molar-refractivity contribution < 1.29 is 13.2 Å². The molecular formula is C15H9F3N4. The van der Waals surface area contributed by atoms with E-state index in [0.717, 1.165) is 12.1 Å². The van der Waals surface area contributed by atoms with Crippen molar-refractivity contribution in [2.45, 2.75) is 12.7 Å². The zero-order valence-corrected chi connectivity index (χ0v) is 11.2. The van der Waals surface area contributed by atoms with Crippen molar-refractivity contribution in [2.24, 2.45) is 4.99 Å². The zero-order chi connectivity index (χ0) is 15.3. The van der Waals surface area contributed by atoms with Gasteiger partial charge in [0.1, 0.15) is 0 Å². The second kappa shape index (κ2) is 4.40. The van der Waals surface area contributed by atoms with Gasteiger partial charge in [0.25, 0.3) is 0 Å². The molecule has 0 radical (unpaired) electrons. The summed E-state index contributed by atoms with van der Waals surface area (Å²) in [4.78, 5) is 12.2. The molecule has 0 saturated heterocycles. The molecule has 0 bridgehead atoms. The van der Waals surface area contributed by atoms with Gasteiger partial charge in [-0.15, -0.1) is 0 Å². The Kier molecular flexibility index (Phi) is 2.60. The van der Waals surface area contributed by atoms with Crippen LogP contribution in [0.2, 0.25) is 0 Å². The zero-order valence-electron chi connectivity index (χ0n) is 11.2. The molecule has 7 heteroatoms. The molecule has 4 nitrogen and oxygen atoms in total. The van der Waals surface area contributed by atoms with E-state index >= 15 is 0 Å². The summed E-state index contributed by atoms with van der Waals surface area (Å²) in [7, 11) is 0. The van der Waals surface area contributed by atoms with Crippen molar-refractivity contribution in [3.8, 4) is 11.3 Å². The summed E-state index contributed by atoms with van der Waals surface area (Å²) < 4.78 is 41.1. The first-order valence-corrected chi connectivity index (χ1v) is 6.55. The highest BCUT2D eigenvalue weighted by molar-refractivity contribution is 5.94. The van der Waals surface area contributed by atoms with Crippen molar-refractivity contribution in [2.75, 3.05) is 0 Å². The predicted molar refractivity (Wildman–Crippen MR) is 74.7 cm³/mol. The Labute approximate surface area is 123 Å². The molecule has 0 unspecified atom stereocenters. The fraction of sp³-hybridized carbons (Fsp3) is 0.133. The largest absolute Gasteiger partial charge is 0.416 e. The van der Waals surface area contributed by atoms with Crippen LogP contribution in [0.25, 0.3) is 16.9 Å². The molecule has 1 aliphatic rings. The minimum absolute atomic E-state index is 0.268. The molecule has 0 aliphatic carbocycles. The normalized spacial score (nSPS) is 13.8. The molecule has 4 rings (SSSR count). The van der Waals surface area contributed by atoms with E-state index in [-0.39, 0.29) is 6.54 Å². The fourth-order valence-corrected chi connectivity index (χ4v) is 2.65. The third kappa shape index (κ3) is 1.89. The molecule has 0 N–H and O–H groups in total. The maximum absolute atomic E-state index is 13.1. The Bertz CT molecular complexity index is 909. The van der Waals surface area contributed by atoms with Crippen molar-refractivity contribution >= 4 is 11.9 Å². The van der Waals surface area contributed by atoms with E-state index < -0.39 is 11.7 Å². The lowest BCUT2D eigenvalue weighted by molar-refractivity contribution is -0.137. The van der Waals surface area contributed by atoms with Crippen LogP contribution < -0.4 is 0 Å². The van der Waals surface area contributed by atoms with Gasteiger partial charge >= 0.3 is 6.18 Å². The van der Waals surface area contributed by atoms with Gasteiger partial charge in [0, 0.05) is 29.7 Å². The van der Waals surface area contributed by atoms with E-state index in [1.165, 1.54) is 0 Å². The molecule has 3 heterocycles. The predicted octanol–water partition coefficient (Wildman–Crippen LogP) is 3.35. The minimum Gasteiger partial charge on any atom is -0.297 e. The van der Waals surface area contributed by atoms with Crippen LogP contribution in [0.4, 0.5) is 13.2 Å². The van der Waals surface area contributed by atoms with Crippen LogP contribution in [-0.2, 0) is 12.7 Å². The standard InChI is InChI=1S/C15H9F3N4/c16-15(17,18)10-3-9-5-20-6-12(9)11(4-10)13-7-21-14-8-19-1-2-22(13)14/h1-4,6-8H,5H2.